The van der Waals surface area contributed by atoms with E-state index in [9.17, 15) is 0 Å². The summed E-state index contributed by atoms with van der Waals surface area (Å²) in [6, 6.07) is 8.54. The van der Waals surface area contributed by atoms with Gasteiger partial charge in [0.15, 0.2) is 0 Å². The summed E-state index contributed by atoms with van der Waals surface area (Å²) in [5.41, 5.74) is 4.04. The van der Waals surface area contributed by atoms with Gasteiger partial charge < -0.3 is 0 Å². The second-order valence-corrected chi connectivity index (χ2v) is 4.62. The van der Waals surface area contributed by atoms with Crippen molar-refractivity contribution in [1.82, 2.24) is 0 Å². The van der Waals surface area contributed by atoms with Crippen LogP contribution in [-0.4, -0.2) is 5.71 Å². The van der Waals surface area contributed by atoms with Crippen LogP contribution in [0.5, 0.6) is 0 Å². The SMILES string of the molecule is CCCCCCC1=Nc2ccccc2CC1. The van der Waals surface area contributed by atoms with E-state index < -0.39 is 0 Å². The molecule has 0 radical (unpaired) electrons. The van der Waals surface area contributed by atoms with Gasteiger partial charge in [-0.3, -0.25) is 4.99 Å². The van der Waals surface area contributed by atoms with Crippen molar-refractivity contribution in [3.63, 3.8) is 0 Å². The first-order valence-corrected chi connectivity index (χ1v) is 6.54. The molecule has 0 aromatic heterocycles. The van der Waals surface area contributed by atoms with E-state index in [0.29, 0.717) is 0 Å². The summed E-state index contributed by atoms with van der Waals surface area (Å²) >= 11 is 0. The third-order valence-electron chi connectivity index (χ3n) is 3.27. The molecule has 0 atom stereocenters. The van der Waals surface area contributed by atoms with Crippen LogP contribution in [0.15, 0.2) is 29.3 Å². The first-order chi connectivity index (χ1) is 7.90. The Morgan fingerprint density at radius 1 is 1.06 bits per heavy atom. The van der Waals surface area contributed by atoms with Crippen LogP contribution in [-0.2, 0) is 6.42 Å². The van der Waals surface area contributed by atoms with Gasteiger partial charge in [-0.15, -0.1) is 0 Å². The van der Waals surface area contributed by atoms with Crippen LogP contribution in [0.1, 0.15) is 51.0 Å². The Kier molecular flexibility index (Phi) is 4.15. The molecule has 2 rings (SSSR count). The lowest BCUT2D eigenvalue weighted by molar-refractivity contribution is 0.678. The monoisotopic (exact) mass is 215 g/mol. The maximum absolute atomic E-state index is 4.76. The number of aryl methyl sites for hydroxylation is 1. The Morgan fingerprint density at radius 2 is 1.94 bits per heavy atom. The predicted molar refractivity (Wildman–Crippen MR) is 70.6 cm³/mol. The predicted octanol–water partition coefficient (Wildman–Crippen LogP) is 4.68. The third kappa shape index (κ3) is 2.94. The van der Waals surface area contributed by atoms with Gasteiger partial charge in [-0.25, -0.2) is 0 Å². The van der Waals surface area contributed by atoms with Crippen LogP contribution in [0, 0.1) is 0 Å². The fraction of sp³-hybridized carbons (Fsp3) is 0.533. The van der Waals surface area contributed by atoms with E-state index in [0.717, 1.165) is 0 Å². The minimum atomic E-state index is 1.17. The van der Waals surface area contributed by atoms with Crippen molar-refractivity contribution in [2.75, 3.05) is 0 Å². The van der Waals surface area contributed by atoms with Crippen LogP contribution in [0.2, 0.25) is 0 Å². The highest BCUT2D eigenvalue weighted by molar-refractivity contribution is 5.89. The van der Waals surface area contributed by atoms with Crippen molar-refractivity contribution in [3.05, 3.63) is 29.8 Å². The fourth-order valence-electron chi connectivity index (χ4n) is 2.27. The summed E-state index contributed by atoms with van der Waals surface area (Å²) in [6.45, 7) is 2.26. The van der Waals surface area contributed by atoms with E-state index in [2.05, 4.69) is 31.2 Å². The van der Waals surface area contributed by atoms with Crippen molar-refractivity contribution in [3.8, 4) is 0 Å². The molecule has 86 valence electrons. The Labute approximate surface area is 98.6 Å². The molecule has 1 aliphatic rings. The first-order valence-electron chi connectivity index (χ1n) is 6.54. The lowest BCUT2D eigenvalue weighted by atomic mass is 9.98. The van der Waals surface area contributed by atoms with Crippen LogP contribution in [0.25, 0.3) is 0 Å². The standard InChI is InChI=1S/C15H21N/c1-2-3-4-5-9-14-12-11-13-8-6-7-10-15(13)16-14/h6-8,10H,2-5,9,11-12H2,1H3. The summed E-state index contributed by atoms with van der Waals surface area (Å²) in [6.07, 6.45) is 8.91. The Bertz CT molecular complexity index is 365. The summed E-state index contributed by atoms with van der Waals surface area (Å²) < 4.78 is 0. The molecule has 1 aliphatic heterocycles. The van der Waals surface area contributed by atoms with Gasteiger partial charge in [0.1, 0.15) is 0 Å². The molecule has 16 heavy (non-hydrogen) atoms. The molecular formula is C15H21N. The molecule has 1 heterocycles. The Morgan fingerprint density at radius 3 is 2.81 bits per heavy atom. The van der Waals surface area contributed by atoms with E-state index in [1.807, 2.05) is 0 Å². The molecule has 0 saturated carbocycles. The van der Waals surface area contributed by atoms with E-state index in [4.69, 9.17) is 4.99 Å². The highest BCUT2D eigenvalue weighted by Crippen LogP contribution is 2.26. The molecule has 1 nitrogen and oxygen atoms in total. The maximum atomic E-state index is 4.76. The fourth-order valence-corrected chi connectivity index (χ4v) is 2.27. The molecule has 0 saturated heterocycles. The topological polar surface area (TPSA) is 12.4 Å². The quantitative estimate of drug-likeness (QED) is 0.633. The number of hydrogen-bond acceptors (Lipinski definition) is 1. The van der Waals surface area contributed by atoms with Gasteiger partial charge in [0, 0.05) is 5.71 Å². The molecule has 0 unspecified atom stereocenters. The van der Waals surface area contributed by atoms with Crippen molar-refractivity contribution >= 4 is 11.4 Å². The zero-order chi connectivity index (χ0) is 11.2. The van der Waals surface area contributed by atoms with E-state index in [-0.39, 0.29) is 0 Å². The second-order valence-electron chi connectivity index (χ2n) is 4.62. The number of nitrogens with zero attached hydrogens (tertiary/aromatic N) is 1. The smallest absolute Gasteiger partial charge is 0.0661 e. The lowest BCUT2D eigenvalue weighted by Gasteiger charge is -2.15. The minimum absolute atomic E-state index is 1.17. The van der Waals surface area contributed by atoms with Gasteiger partial charge in [0.2, 0.25) is 0 Å². The third-order valence-corrected chi connectivity index (χ3v) is 3.27. The largest absolute Gasteiger partial charge is 0.258 e. The van der Waals surface area contributed by atoms with E-state index >= 15 is 0 Å². The van der Waals surface area contributed by atoms with Gasteiger partial charge in [-0.2, -0.15) is 0 Å². The van der Waals surface area contributed by atoms with Gasteiger partial charge in [-0.05, 0) is 37.3 Å². The van der Waals surface area contributed by atoms with Crippen LogP contribution >= 0.6 is 0 Å². The molecule has 0 N–H and O–H groups in total. The summed E-state index contributed by atoms with van der Waals surface area (Å²) in [4.78, 5) is 4.76. The number of aliphatic imine (C=N–C) groups is 1. The van der Waals surface area contributed by atoms with Gasteiger partial charge >= 0.3 is 0 Å². The minimum Gasteiger partial charge on any atom is -0.258 e. The van der Waals surface area contributed by atoms with Crippen molar-refractivity contribution in [2.45, 2.75) is 51.9 Å². The molecule has 0 fully saturated rings. The average molecular weight is 215 g/mol. The molecule has 1 heteroatoms. The van der Waals surface area contributed by atoms with E-state index in [1.54, 1.807) is 0 Å². The summed E-state index contributed by atoms with van der Waals surface area (Å²) in [5, 5.41) is 0. The van der Waals surface area contributed by atoms with Crippen LogP contribution in [0.4, 0.5) is 5.69 Å². The lowest BCUT2D eigenvalue weighted by Crippen LogP contribution is -2.05. The Balaban J connectivity index is 1.91. The summed E-state index contributed by atoms with van der Waals surface area (Å²) in [7, 11) is 0. The van der Waals surface area contributed by atoms with Gasteiger partial charge in [0.25, 0.3) is 0 Å². The zero-order valence-corrected chi connectivity index (χ0v) is 10.2. The molecule has 0 bridgehead atoms. The highest BCUT2D eigenvalue weighted by atomic mass is 14.8. The first kappa shape index (κ1) is 11.4. The zero-order valence-electron chi connectivity index (χ0n) is 10.2. The van der Waals surface area contributed by atoms with Crippen molar-refractivity contribution in [2.24, 2.45) is 4.99 Å². The molecule has 0 spiro atoms. The number of unbranched alkanes of at least 4 members (excludes halogenated alkanes) is 3. The van der Waals surface area contributed by atoms with Crippen LogP contribution < -0.4 is 0 Å². The summed E-state index contributed by atoms with van der Waals surface area (Å²) in [5.74, 6) is 0. The number of fused-ring (bicyclic) bond motifs is 1. The van der Waals surface area contributed by atoms with Crippen LogP contribution in [0.3, 0.4) is 0 Å². The number of para-hydroxylation sites is 1. The molecule has 1 aromatic rings. The van der Waals surface area contributed by atoms with Crippen molar-refractivity contribution in [1.29, 1.82) is 0 Å². The van der Waals surface area contributed by atoms with E-state index in [1.165, 1.54) is 61.9 Å². The molecule has 0 aliphatic carbocycles. The normalized spacial score (nSPS) is 14.4. The molecule has 1 aromatic carbocycles. The maximum Gasteiger partial charge on any atom is 0.0661 e. The number of rotatable bonds is 5. The van der Waals surface area contributed by atoms with Crippen molar-refractivity contribution < 1.29 is 0 Å². The molecular weight excluding hydrogens is 194 g/mol. The van der Waals surface area contributed by atoms with Gasteiger partial charge in [-0.1, -0.05) is 44.4 Å². The Hall–Kier alpha value is -1.11. The molecule has 0 amide bonds. The second kappa shape index (κ2) is 5.83. The average Bonchev–Trinajstić information content (AvgIpc) is 2.34. The highest BCUT2D eigenvalue weighted by Gasteiger charge is 2.10. The van der Waals surface area contributed by atoms with Gasteiger partial charge in [0.05, 0.1) is 5.69 Å². The number of hydrogen-bond donors (Lipinski definition) is 0. The number of benzene rings is 1.